The van der Waals surface area contributed by atoms with Gasteiger partial charge in [0.05, 0.1) is 0 Å². The van der Waals surface area contributed by atoms with Crippen LogP contribution < -0.4 is 0 Å². The van der Waals surface area contributed by atoms with Crippen LogP contribution in [-0.2, 0) is 4.79 Å². The topological polar surface area (TPSA) is 17.1 Å². The van der Waals surface area contributed by atoms with Crippen molar-refractivity contribution in [1.29, 1.82) is 0 Å². The predicted octanol–water partition coefficient (Wildman–Crippen LogP) is 1.62. The average Bonchev–Trinajstić information content (AvgIpc) is 2.62. The summed E-state index contributed by atoms with van der Waals surface area (Å²) in [4.78, 5) is 11.3. The van der Waals surface area contributed by atoms with Gasteiger partial charge in [-0.2, -0.15) is 0 Å². The highest BCUT2D eigenvalue weighted by Gasteiger charge is 2.59. The molecule has 2 unspecified atom stereocenters. The molecule has 3 fully saturated rings. The molecule has 0 aromatic heterocycles. The van der Waals surface area contributed by atoms with E-state index >= 15 is 0 Å². The molecule has 1 nitrogen and oxygen atoms in total. The Morgan fingerprint density at radius 2 is 2.10 bits per heavy atom. The van der Waals surface area contributed by atoms with E-state index in [9.17, 15) is 4.79 Å². The molecule has 0 aromatic rings. The third-order valence-corrected chi connectivity index (χ3v) is 3.71. The Labute approximate surface area is 60.8 Å². The van der Waals surface area contributed by atoms with E-state index in [1.165, 1.54) is 19.3 Å². The lowest BCUT2D eigenvalue weighted by Crippen LogP contribution is -2.17. The molecule has 0 aliphatic heterocycles. The first kappa shape index (κ1) is 5.34. The van der Waals surface area contributed by atoms with E-state index in [4.69, 9.17) is 0 Å². The van der Waals surface area contributed by atoms with Gasteiger partial charge in [0.15, 0.2) is 0 Å². The average molecular weight is 136 g/mol. The van der Waals surface area contributed by atoms with E-state index in [-0.39, 0.29) is 0 Å². The summed E-state index contributed by atoms with van der Waals surface area (Å²) in [5.41, 5.74) is 0. The van der Waals surface area contributed by atoms with Crippen molar-refractivity contribution in [1.82, 2.24) is 0 Å². The Kier molecular flexibility index (Phi) is 0.781. The zero-order valence-electron chi connectivity index (χ0n) is 6.05. The van der Waals surface area contributed by atoms with Gasteiger partial charge in [-0.15, -0.1) is 0 Å². The minimum atomic E-state index is 0.554. The van der Waals surface area contributed by atoms with Crippen LogP contribution in [0.5, 0.6) is 0 Å². The Morgan fingerprint density at radius 1 is 1.20 bits per heavy atom. The van der Waals surface area contributed by atoms with Crippen molar-refractivity contribution < 1.29 is 4.79 Å². The minimum Gasteiger partial charge on any atom is -0.299 e. The van der Waals surface area contributed by atoms with Crippen LogP contribution in [0.1, 0.15) is 25.7 Å². The van der Waals surface area contributed by atoms with Crippen molar-refractivity contribution in [3.8, 4) is 0 Å². The molecule has 0 heterocycles. The standard InChI is InChI=1S/C9H12O/c10-8-4-5-1-2-6-7(3-5)9(6)8/h5-7,9H,1-4H2/t5?,6-,7?,9+/m1/s1. The number of carbonyl (C=O) groups is 1. The van der Waals surface area contributed by atoms with E-state index in [1.807, 2.05) is 0 Å². The van der Waals surface area contributed by atoms with Crippen molar-refractivity contribution in [2.45, 2.75) is 25.7 Å². The fraction of sp³-hybridized carbons (Fsp3) is 0.889. The Morgan fingerprint density at radius 3 is 3.00 bits per heavy atom. The number of hydrogen-bond acceptors (Lipinski definition) is 1. The molecule has 4 atom stereocenters. The second-order valence-electron chi connectivity index (χ2n) is 4.20. The van der Waals surface area contributed by atoms with E-state index < -0.39 is 0 Å². The summed E-state index contributed by atoms with van der Waals surface area (Å²) >= 11 is 0. The van der Waals surface area contributed by atoms with Crippen molar-refractivity contribution in [2.75, 3.05) is 0 Å². The van der Waals surface area contributed by atoms with Crippen LogP contribution in [0.15, 0.2) is 0 Å². The van der Waals surface area contributed by atoms with Gasteiger partial charge >= 0.3 is 0 Å². The van der Waals surface area contributed by atoms with Gasteiger partial charge in [-0.25, -0.2) is 0 Å². The second kappa shape index (κ2) is 1.46. The highest BCUT2D eigenvalue weighted by atomic mass is 16.1. The number of Topliss-reactive ketones (excluding diaryl/α,β-unsaturated/α-hetero) is 1. The van der Waals surface area contributed by atoms with Crippen molar-refractivity contribution in [3.63, 3.8) is 0 Å². The first-order chi connectivity index (χ1) is 4.86. The molecular weight excluding hydrogens is 124 g/mol. The minimum absolute atomic E-state index is 0.554. The molecule has 0 N–H and O–H groups in total. The van der Waals surface area contributed by atoms with Crippen LogP contribution in [0.3, 0.4) is 0 Å². The SMILES string of the molecule is O=C1CC2CC[C@@H]3C(C2)[C@@H]13. The maximum Gasteiger partial charge on any atom is 0.136 e. The van der Waals surface area contributed by atoms with Crippen LogP contribution in [0.2, 0.25) is 0 Å². The third-order valence-electron chi connectivity index (χ3n) is 3.71. The Bertz CT molecular complexity index is 191. The summed E-state index contributed by atoms with van der Waals surface area (Å²) in [7, 11) is 0. The molecule has 0 aromatic carbocycles. The summed E-state index contributed by atoms with van der Waals surface area (Å²) < 4.78 is 0. The van der Waals surface area contributed by atoms with Gasteiger partial charge in [0.2, 0.25) is 0 Å². The number of ketones is 1. The lowest BCUT2D eigenvalue weighted by molar-refractivity contribution is -0.122. The first-order valence-electron chi connectivity index (χ1n) is 4.39. The normalized spacial score (nSPS) is 56.6. The van der Waals surface area contributed by atoms with Gasteiger partial charge < -0.3 is 0 Å². The van der Waals surface area contributed by atoms with Crippen molar-refractivity contribution in [2.24, 2.45) is 23.7 Å². The largest absolute Gasteiger partial charge is 0.299 e. The van der Waals surface area contributed by atoms with Crippen LogP contribution in [0, 0.1) is 23.7 Å². The fourth-order valence-corrected chi connectivity index (χ4v) is 3.17. The molecule has 0 radical (unpaired) electrons. The second-order valence-corrected chi connectivity index (χ2v) is 4.20. The number of fused-ring (bicyclic) bond motifs is 2. The highest BCUT2D eigenvalue weighted by Crippen LogP contribution is 2.61. The van der Waals surface area contributed by atoms with Gasteiger partial charge in [0, 0.05) is 12.3 Å². The molecule has 2 bridgehead atoms. The fourth-order valence-electron chi connectivity index (χ4n) is 3.17. The summed E-state index contributed by atoms with van der Waals surface area (Å²) in [6.07, 6.45) is 5.04. The smallest absolute Gasteiger partial charge is 0.136 e. The van der Waals surface area contributed by atoms with Crippen LogP contribution in [-0.4, -0.2) is 5.78 Å². The molecule has 0 spiro atoms. The lowest BCUT2D eigenvalue weighted by Gasteiger charge is -2.20. The maximum atomic E-state index is 11.3. The zero-order valence-corrected chi connectivity index (χ0v) is 6.05. The van der Waals surface area contributed by atoms with E-state index in [0.29, 0.717) is 11.7 Å². The van der Waals surface area contributed by atoms with Crippen molar-refractivity contribution >= 4 is 5.78 Å². The molecule has 0 amide bonds. The van der Waals surface area contributed by atoms with Gasteiger partial charge in [0.25, 0.3) is 0 Å². The summed E-state index contributed by atoms with van der Waals surface area (Å²) in [5.74, 6) is 3.67. The number of hydrogen-bond donors (Lipinski definition) is 0. The highest BCUT2D eigenvalue weighted by molar-refractivity contribution is 5.86. The summed E-state index contributed by atoms with van der Waals surface area (Å²) in [6.45, 7) is 0. The number of rotatable bonds is 0. The maximum absolute atomic E-state index is 11.3. The van der Waals surface area contributed by atoms with Crippen molar-refractivity contribution in [3.05, 3.63) is 0 Å². The summed E-state index contributed by atoms with van der Waals surface area (Å²) in [6, 6.07) is 0. The monoisotopic (exact) mass is 136 g/mol. The zero-order chi connectivity index (χ0) is 6.72. The quantitative estimate of drug-likeness (QED) is 0.494. The van der Waals surface area contributed by atoms with E-state index in [1.54, 1.807) is 0 Å². The van der Waals surface area contributed by atoms with Crippen LogP contribution in [0.25, 0.3) is 0 Å². The molecule has 3 aliphatic rings. The van der Waals surface area contributed by atoms with Crippen LogP contribution >= 0.6 is 0 Å². The predicted molar refractivity (Wildman–Crippen MR) is 37.4 cm³/mol. The first-order valence-corrected chi connectivity index (χ1v) is 4.39. The summed E-state index contributed by atoms with van der Waals surface area (Å²) in [5, 5.41) is 0. The Balaban J connectivity index is 1.98. The molecule has 3 rings (SSSR count). The third kappa shape index (κ3) is 0.480. The van der Waals surface area contributed by atoms with Gasteiger partial charge in [-0.3, -0.25) is 4.79 Å². The molecule has 3 aliphatic carbocycles. The van der Waals surface area contributed by atoms with Gasteiger partial charge in [0.1, 0.15) is 5.78 Å². The van der Waals surface area contributed by atoms with Gasteiger partial charge in [-0.05, 0) is 37.0 Å². The van der Waals surface area contributed by atoms with E-state index in [2.05, 4.69) is 0 Å². The molecule has 1 heteroatoms. The molecule has 54 valence electrons. The van der Waals surface area contributed by atoms with Crippen LogP contribution in [0.4, 0.5) is 0 Å². The molecule has 3 saturated carbocycles. The van der Waals surface area contributed by atoms with E-state index in [0.717, 1.165) is 24.2 Å². The lowest BCUT2D eigenvalue weighted by atomic mass is 9.84. The molecule has 10 heavy (non-hydrogen) atoms. The molecule has 0 saturated heterocycles. The number of carbonyl (C=O) groups excluding carboxylic acids is 1. The Hall–Kier alpha value is -0.330. The van der Waals surface area contributed by atoms with Gasteiger partial charge in [-0.1, -0.05) is 0 Å². The molecular formula is C9H12O.